The van der Waals surface area contributed by atoms with Gasteiger partial charge in [0.2, 0.25) is 5.91 Å². The number of ether oxygens (including phenoxy) is 1. The molecule has 7 nitrogen and oxygen atoms in total. The van der Waals surface area contributed by atoms with Gasteiger partial charge in [-0.05, 0) is 38.1 Å². The van der Waals surface area contributed by atoms with E-state index in [0.717, 1.165) is 29.0 Å². The van der Waals surface area contributed by atoms with Crippen molar-refractivity contribution in [3.63, 3.8) is 0 Å². The number of benzene rings is 3. The number of fused-ring (bicyclic) bond motifs is 3. The lowest BCUT2D eigenvalue weighted by Gasteiger charge is -2.14. The monoisotopic (exact) mass is 499 g/mol. The quantitative estimate of drug-likeness (QED) is 0.258. The SMILES string of the molecule is CCn1c2ccccc2c2cc(NC(=O)C(C)Sc3nnc(-c4ccccc4)n3CCOC)ccc21. The fourth-order valence-corrected chi connectivity index (χ4v) is 5.36. The van der Waals surface area contributed by atoms with Crippen LogP contribution in [-0.2, 0) is 22.6 Å². The number of nitrogens with one attached hydrogen (secondary N) is 1. The Morgan fingerprint density at radius 2 is 1.72 bits per heavy atom. The number of amides is 1. The number of hydrogen-bond acceptors (Lipinski definition) is 5. The van der Waals surface area contributed by atoms with Crippen molar-refractivity contribution in [2.75, 3.05) is 19.0 Å². The molecule has 3 aromatic carbocycles. The number of aryl methyl sites for hydroxylation is 1. The smallest absolute Gasteiger partial charge is 0.237 e. The summed E-state index contributed by atoms with van der Waals surface area (Å²) in [4.78, 5) is 13.2. The minimum atomic E-state index is -0.369. The van der Waals surface area contributed by atoms with Gasteiger partial charge in [-0.2, -0.15) is 0 Å². The summed E-state index contributed by atoms with van der Waals surface area (Å²) in [6, 6.07) is 24.4. The standard InChI is InChI=1S/C28H29N5O2S/c1-4-32-24-13-9-8-12-22(24)23-18-21(14-15-25(23)32)29-27(34)19(2)36-28-31-30-26(33(28)16-17-35-3)20-10-6-5-7-11-20/h5-15,18-19H,4,16-17H2,1-3H3,(H,29,34). The first-order chi connectivity index (χ1) is 17.6. The largest absolute Gasteiger partial charge is 0.383 e. The van der Waals surface area contributed by atoms with Gasteiger partial charge in [0.05, 0.1) is 18.4 Å². The summed E-state index contributed by atoms with van der Waals surface area (Å²) in [7, 11) is 1.67. The van der Waals surface area contributed by atoms with E-state index < -0.39 is 0 Å². The van der Waals surface area contributed by atoms with Crippen LogP contribution in [0.4, 0.5) is 5.69 Å². The van der Waals surface area contributed by atoms with Gasteiger partial charge in [-0.15, -0.1) is 10.2 Å². The van der Waals surface area contributed by atoms with E-state index in [1.165, 1.54) is 28.2 Å². The van der Waals surface area contributed by atoms with Crippen molar-refractivity contribution in [1.29, 1.82) is 0 Å². The summed E-state index contributed by atoms with van der Waals surface area (Å²) in [5, 5.41) is 14.6. The fourth-order valence-electron chi connectivity index (χ4n) is 4.49. The maximum Gasteiger partial charge on any atom is 0.237 e. The molecule has 1 N–H and O–H groups in total. The minimum absolute atomic E-state index is 0.0823. The van der Waals surface area contributed by atoms with Gasteiger partial charge in [0.25, 0.3) is 0 Å². The predicted molar refractivity (Wildman–Crippen MR) is 146 cm³/mol. The van der Waals surface area contributed by atoms with Crippen LogP contribution in [0.2, 0.25) is 0 Å². The molecule has 0 radical (unpaired) electrons. The maximum absolute atomic E-state index is 13.2. The molecule has 0 aliphatic heterocycles. The van der Waals surface area contributed by atoms with Crippen molar-refractivity contribution in [2.45, 2.75) is 37.3 Å². The van der Waals surface area contributed by atoms with Crippen LogP contribution >= 0.6 is 11.8 Å². The molecule has 1 atom stereocenters. The predicted octanol–water partition coefficient (Wildman–Crippen LogP) is 5.84. The molecule has 8 heteroatoms. The highest BCUT2D eigenvalue weighted by molar-refractivity contribution is 8.00. The molecule has 2 aromatic heterocycles. The van der Waals surface area contributed by atoms with Crippen LogP contribution in [0.25, 0.3) is 33.2 Å². The van der Waals surface area contributed by atoms with E-state index in [4.69, 9.17) is 4.74 Å². The Morgan fingerprint density at radius 3 is 2.50 bits per heavy atom. The van der Waals surface area contributed by atoms with E-state index in [9.17, 15) is 4.79 Å². The first-order valence-electron chi connectivity index (χ1n) is 12.1. The van der Waals surface area contributed by atoms with Gasteiger partial charge in [0.15, 0.2) is 11.0 Å². The van der Waals surface area contributed by atoms with Crippen molar-refractivity contribution in [2.24, 2.45) is 0 Å². The first-order valence-corrected chi connectivity index (χ1v) is 12.9. The Kier molecular flexibility index (Phi) is 7.06. The third kappa shape index (κ3) is 4.62. The fraction of sp³-hybridized carbons (Fsp3) is 0.250. The second-order valence-electron chi connectivity index (χ2n) is 8.56. The van der Waals surface area contributed by atoms with E-state index in [2.05, 4.69) is 63.4 Å². The summed E-state index contributed by atoms with van der Waals surface area (Å²) in [6.07, 6.45) is 0. The molecule has 184 valence electrons. The lowest BCUT2D eigenvalue weighted by Crippen LogP contribution is -2.23. The number of thioether (sulfide) groups is 1. The Hall–Kier alpha value is -3.62. The number of methoxy groups -OCH3 is 1. The maximum atomic E-state index is 13.2. The van der Waals surface area contributed by atoms with Crippen molar-refractivity contribution >= 4 is 45.2 Å². The molecule has 2 heterocycles. The molecule has 5 rings (SSSR count). The lowest BCUT2D eigenvalue weighted by molar-refractivity contribution is -0.115. The van der Waals surface area contributed by atoms with Gasteiger partial charge in [-0.3, -0.25) is 9.36 Å². The minimum Gasteiger partial charge on any atom is -0.383 e. The number of carbonyl (C=O) groups excluding carboxylic acids is 1. The second kappa shape index (κ2) is 10.6. The topological polar surface area (TPSA) is 74.0 Å². The zero-order valence-corrected chi connectivity index (χ0v) is 21.5. The summed E-state index contributed by atoms with van der Waals surface area (Å²) in [6.45, 7) is 6.05. The third-order valence-corrected chi connectivity index (χ3v) is 7.36. The molecule has 1 amide bonds. The van der Waals surface area contributed by atoms with Crippen LogP contribution in [0.15, 0.2) is 78.0 Å². The molecule has 5 aromatic rings. The number of anilines is 1. The molecule has 1 unspecified atom stereocenters. The average Bonchev–Trinajstić information content (AvgIpc) is 3.45. The van der Waals surface area contributed by atoms with Gasteiger partial charge in [0, 0.05) is 46.7 Å². The van der Waals surface area contributed by atoms with Gasteiger partial charge in [0.1, 0.15) is 0 Å². The van der Waals surface area contributed by atoms with Crippen molar-refractivity contribution in [1.82, 2.24) is 19.3 Å². The molecule has 0 aliphatic carbocycles. The highest BCUT2D eigenvalue weighted by Gasteiger charge is 2.21. The van der Waals surface area contributed by atoms with Crippen molar-refractivity contribution in [3.8, 4) is 11.4 Å². The Morgan fingerprint density at radius 1 is 0.972 bits per heavy atom. The average molecular weight is 500 g/mol. The highest BCUT2D eigenvalue weighted by Crippen LogP contribution is 2.32. The zero-order chi connectivity index (χ0) is 25.1. The number of aromatic nitrogens is 4. The number of nitrogens with zero attached hydrogens (tertiary/aromatic N) is 4. The van der Waals surface area contributed by atoms with E-state index in [-0.39, 0.29) is 11.2 Å². The number of carbonyl (C=O) groups is 1. The number of para-hydroxylation sites is 1. The van der Waals surface area contributed by atoms with Gasteiger partial charge < -0.3 is 14.6 Å². The van der Waals surface area contributed by atoms with Crippen LogP contribution in [0.3, 0.4) is 0 Å². The van der Waals surface area contributed by atoms with Gasteiger partial charge >= 0.3 is 0 Å². The summed E-state index contributed by atoms with van der Waals surface area (Å²) in [5.74, 6) is 0.682. The van der Waals surface area contributed by atoms with E-state index in [1.54, 1.807) is 7.11 Å². The summed E-state index contributed by atoms with van der Waals surface area (Å²) >= 11 is 1.40. The van der Waals surface area contributed by atoms with E-state index >= 15 is 0 Å². The Balaban J connectivity index is 1.37. The molecule has 0 saturated heterocycles. The van der Waals surface area contributed by atoms with Crippen molar-refractivity contribution < 1.29 is 9.53 Å². The molecule has 0 bridgehead atoms. The first kappa shape index (κ1) is 24.1. The molecule has 0 aliphatic rings. The van der Waals surface area contributed by atoms with Crippen LogP contribution in [0, 0.1) is 0 Å². The molecule has 0 fully saturated rings. The van der Waals surface area contributed by atoms with Crippen LogP contribution in [0.5, 0.6) is 0 Å². The molecular weight excluding hydrogens is 470 g/mol. The molecule has 0 spiro atoms. The van der Waals surface area contributed by atoms with E-state index in [0.29, 0.717) is 18.3 Å². The summed E-state index contributed by atoms with van der Waals surface area (Å²) in [5.41, 5.74) is 4.13. The van der Waals surface area contributed by atoms with E-state index in [1.807, 2.05) is 47.9 Å². The zero-order valence-electron chi connectivity index (χ0n) is 20.6. The Bertz CT molecular complexity index is 1510. The second-order valence-corrected chi connectivity index (χ2v) is 9.87. The van der Waals surface area contributed by atoms with Crippen molar-refractivity contribution in [3.05, 3.63) is 72.8 Å². The third-order valence-electron chi connectivity index (χ3n) is 6.28. The normalized spacial score (nSPS) is 12.3. The number of hydrogen-bond donors (Lipinski definition) is 1. The lowest BCUT2D eigenvalue weighted by atomic mass is 10.1. The molecule has 0 saturated carbocycles. The molecule has 36 heavy (non-hydrogen) atoms. The van der Waals surface area contributed by atoms with Gasteiger partial charge in [-0.1, -0.05) is 60.3 Å². The number of rotatable bonds is 9. The highest BCUT2D eigenvalue weighted by atomic mass is 32.2. The van der Waals surface area contributed by atoms with Crippen LogP contribution in [0.1, 0.15) is 13.8 Å². The van der Waals surface area contributed by atoms with Gasteiger partial charge in [-0.25, -0.2) is 0 Å². The van der Waals surface area contributed by atoms with Crippen LogP contribution in [-0.4, -0.2) is 44.2 Å². The Labute approximate surface area is 214 Å². The van der Waals surface area contributed by atoms with Crippen LogP contribution < -0.4 is 5.32 Å². The summed E-state index contributed by atoms with van der Waals surface area (Å²) < 4.78 is 9.61. The molecular formula is C28H29N5O2S.